The normalized spacial score (nSPS) is 11.8. The number of halogens is 1. The van der Waals surface area contributed by atoms with Crippen LogP contribution in [0.25, 0.3) is 0 Å². The molecule has 0 aliphatic carbocycles. The molecule has 114 valence electrons. The number of hydrogen-bond acceptors (Lipinski definition) is 3. The zero-order valence-corrected chi connectivity index (χ0v) is 14.9. The summed E-state index contributed by atoms with van der Waals surface area (Å²) in [6, 6.07) is 4.01. The molecule has 20 heavy (non-hydrogen) atoms. The lowest BCUT2D eigenvalue weighted by atomic mass is 10.0. The minimum Gasteiger partial charge on any atom is -0.493 e. The predicted molar refractivity (Wildman–Crippen MR) is 87.7 cm³/mol. The van der Waals surface area contributed by atoms with E-state index in [1.807, 2.05) is 26.0 Å². The lowest BCUT2D eigenvalue weighted by Gasteiger charge is -2.25. The fourth-order valence-corrected chi connectivity index (χ4v) is 2.14. The molecule has 1 rings (SSSR count). The van der Waals surface area contributed by atoms with Crippen molar-refractivity contribution >= 4 is 15.9 Å². The van der Waals surface area contributed by atoms with Crippen LogP contribution < -0.4 is 14.8 Å². The van der Waals surface area contributed by atoms with E-state index in [9.17, 15) is 0 Å². The van der Waals surface area contributed by atoms with Gasteiger partial charge in [-0.2, -0.15) is 0 Å². The van der Waals surface area contributed by atoms with Gasteiger partial charge in [-0.3, -0.25) is 0 Å². The van der Waals surface area contributed by atoms with E-state index >= 15 is 0 Å². The zero-order chi connectivity index (χ0) is 15.3. The molecule has 1 N–H and O–H groups in total. The van der Waals surface area contributed by atoms with Crippen molar-refractivity contribution in [3.05, 3.63) is 22.2 Å². The average molecular weight is 344 g/mol. The van der Waals surface area contributed by atoms with Crippen molar-refractivity contribution in [3.8, 4) is 11.5 Å². The van der Waals surface area contributed by atoms with E-state index < -0.39 is 0 Å². The Hall–Kier alpha value is -0.740. The fourth-order valence-electron chi connectivity index (χ4n) is 1.68. The summed E-state index contributed by atoms with van der Waals surface area (Å²) in [5.74, 6) is 1.54. The lowest BCUT2D eigenvalue weighted by molar-refractivity contribution is 0.230. The second-order valence-corrected chi connectivity index (χ2v) is 6.71. The van der Waals surface area contributed by atoms with Crippen molar-refractivity contribution in [2.45, 2.75) is 59.2 Å². The van der Waals surface area contributed by atoms with Gasteiger partial charge in [-0.05, 0) is 51.8 Å². The van der Waals surface area contributed by atoms with Gasteiger partial charge in [-0.1, -0.05) is 22.9 Å². The molecule has 1 aromatic rings. The van der Waals surface area contributed by atoms with Gasteiger partial charge in [0, 0.05) is 16.6 Å². The molecule has 4 heteroatoms. The van der Waals surface area contributed by atoms with Crippen molar-refractivity contribution in [3.63, 3.8) is 0 Å². The van der Waals surface area contributed by atoms with Crippen LogP contribution >= 0.6 is 15.9 Å². The number of nitrogens with one attached hydrogen (secondary N) is 1. The molecular formula is C16H26BrNO2. The number of ether oxygens (including phenoxy) is 2. The van der Waals surface area contributed by atoms with Crippen molar-refractivity contribution in [2.24, 2.45) is 0 Å². The van der Waals surface area contributed by atoms with Crippen LogP contribution in [0.15, 0.2) is 16.6 Å². The molecule has 0 atom stereocenters. The molecular weight excluding hydrogens is 318 g/mol. The van der Waals surface area contributed by atoms with Gasteiger partial charge in [0.25, 0.3) is 0 Å². The molecule has 0 saturated heterocycles. The first-order valence-corrected chi connectivity index (χ1v) is 7.86. The highest BCUT2D eigenvalue weighted by Gasteiger charge is 2.16. The molecule has 0 unspecified atom stereocenters. The Morgan fingerprint density at radius 2 is 1.90 bits per heavy atom. The van der Waals surface area contributed by atoms with Crippen LogP contribution in [-0.4, -0.2) is 18.8 Å². The van der Waals surface area contributed by atoms with Crippen LogP contribution in [0.4, 0.5) is 0 Å². The lowest BCUT2D eigenvalue weighted by Crippen LogP contribution is -2.37. The quantitative estimate of drug-likeness (QED) is 0.789. The Morgan fingerprint density at radius 1 is 1.25 bits per heavy atom. The first-order valence-electron chi connectivity index (χ1n) is 7.07. The van der Waals surface area contributed by atoms with Crippen molar-refractivity contribution in [2.75, 3.05) is 7.11 Å². The average Bonchev–Trinajstić information content (AvgIpc) is 2.37. The zero-order valence-electron chi connectivity index (χ0n) is 13.3. The first-order chi connectivity index (χ1) is 9.29. The largest absolute Gasteiger partial charge is 0.493 e. The van der Waals surface area contributed by atoms with E-state index in [1.165, 1.54) is 5.56 Å². The molecule has 0 spiro atoms. The number of benzene rings is 1. The van der Waals surface area contributed by atoms with E-state index in [-0.39, 0.29) is 11.6 Å². The molecule has 0 fully saturated rings. The van der Waals surface area contributed by atoms with Gasteiger partial charge < -0.3 is 14.8 Å². The topological polar surface area (TPSA) is 30.5 Å². The summed E-state index contributed by atoms with van der Waals surface area (Å²) in [4.78, 5) is 0. The molecule has 0 aliphatic rings. The summed E-state index contributed by atoms with van der Waals surface area (Å²) >= 11 is 3.61. The maximum atomic E-state index is 5.76. The Labute approximate surface area is 131 Å². The molecule has 0 amide bonds. The van der Waals surface area contributed by atoms with Gasteiger partial charge >= 0.3 is 0 Å². The second-order valence-electron chi connectivity index (χ2n) is 5.85. The van der Waals surface area contributed by atoms with Crippen molar-refractivity contribution in [1.82, 2.24) is 5.32 Å². The minimum absolute atomic E-state index is 0.124. The van der Waals surface area contributed by atoms with Crippen LogP contribution in [0, 0.1) is 0 Å². The highest BCUT2D eigenvalue weighted by atomic mass is 79.9. The molecule has 0 radical (unpaired) electrons. The van der Waals surface area contributed by atoms with Gasteiger partial charge in [0.15, 0.2) is 11.5 Å². The van der Waals surface area contributed by atoms with Gasteiger partial charge in [0.05, 0.1) is 13.2 Å². The number of hydrogen-bond donors (Lipinski definition) is 1. The highest BCUT2D eigenvalue weighted by Crippen LogP contribution is 2.34. The molecule has 0 saturated carbocycles. The van der Waals surface area contributed by atoms with E-state index in [0.29, 0.717) is 0 Å². The Morgan fingerprint density at radius 3 is 2.40 bits per heavy atom. The molecule has 0 bridgehead atoms. The molecule has 3 nitrogen and oxygen atoms in total. The third-order valence-corrected chi connectivity index (χ3v) is 4.07. The third kappa shape index (κ3) is 4.98. The summed E-state index contributed by atoms with van der Waals surface area (Å²) in [7, 11) is 1.67. The van der Waals surface area contributed by atoms with Crippen molar-refractivity contribution in [1.29, 1.82) is 0 Å². The van der Waals surface area contributed by atoms with E-state index in [4.69, 9.17) is 9.47 Å². The summed E-state index contributed by atoms with van der Waals surface area (Å²) in [5.41, 5.74) is 1.29. The molecule has 0 aromatic heterocycles. The first kappa shape index (κ1) is 17.3. The number of rotatable bonds is 7. The summed E-state index contributed by atoms with van der Waals surface area (Å²) < 4.78 is 12.2. The van der Waals surface area contributed by atoms with Gasteiger partial charge in [0.1, 0.15) is 0 Å². The molecule has 1 aromatic carbocycles. The minimum atomic E-state index is 0.124. The summed E-state index contributed by atoms with van der Waals surface area (Å²) in [6.45, 7) is 11.4. The summed E-state index contributed by atoms with van der Waals surface area (Å²) in [5, 5.41) is 3.55. The smallest absolute Gasteiger partial charge is 0.162 e. The fraction of sp³-hybridized carbons (Fsp3) is 0.625. The van der Waals surface area contributed by atoms with Gasteiger partial charge in [-0.15, -0.1) is 0 Å². The standard InChI is InChI=1S/C16H26BrNO2/c1-7-16(4,5)18-10-12-8-14(19-6)15(9-13(12)17)20-11(2)3/h8-9,11,18H,7,10H2,1-6H3. The number of methoxy groups -OCH3 is 1. The Bertz CT molecular complexity index is 444. The van der Waals surface area contributed by atoms with E-state index in [2.05, 4.69) is 42.0 Å². The molecule has 0 aliphatic heterocycles. The maximum Gasteiger partial charge on any atom is 0.162 e. The van der Waals surface area contributed by atoms with E-state index in [1.54, 1.807) is 7.11 Å². The SMILES string of the molecule is CCC(C)(C)NCc1cc(OC)c(OC(C)C)cc1Br. The Balaban J connectivity index is 2.93. The second kappa shape index (κ2) is 7.32. The third-order valence-electron chi connectivity index (χ3n) is 3.34. The van der Waals surface area contributed by atoms with Crippen LogP contribution in [-0.2, 0) is 6.54 Å². The molecule has 0 heterocycles. The van der Waals surface area contributed by atoms with Crippen LogP contribution in [0.5, 0.6) is 11.5 Å². The van der Waals surface area contributed by atoms with Crippen LogP contribution in [0.1, 0.15) is 46.6 Å². The Kier molecular flexibility index (Phi) is 6.34. The van der Waals surface area contributed by atoms with Crippen LogP contribution in [0.3, 0.4) is 0 Å². The van der Waals surface area contributed by atoms with Crippen LogP contribution in [0.2, 0.25) is 0 Å². The van der Waals surface area contributed by atoms with E-state index in [0.717, 1.165) is 28.9 Å². The monoisotopic (exact) mass is 343 g/mol. The predicted octanol–water partition coefficient (Wildman–Crippen LogP) is 4.52. The maximum absolute atomic E-state index is 5.76. The summed E-state index contributed by atoms with van der Waals surface area (Å²) in [6.07, 6.45) is 1.20. The van der Waals surface area contributed by atoms with Crippen molar-refractivity contribution < 1.29 is 9.47 Å². The van der Waals surface area contributed by atoms with Gasteiger partial charge in [0.2, 0.25) is 0 Å². The van der Waals surface area contributed by atoms with Gasteiger partial charge in [-0.25, -0.2) is 0 Å². The highest BCUT2D eigenvalue weighted by molar-refractivity contribution is 9.10.